The third-order valence-electron chi connectivity index (χ3n) is 1.76. The minimum atomic E-state index is -3.20. The minimum Gasteiger partial charge on any atom is -0.320 e. The molecule has 1 aliphatic rings. The second-order valence-electron chi connectivity index (χ2n) is 2.58. The molecule has 0 saturated heterocycles. The van der Waals surface area contributed by atoms with Gasteiger partial charge in [0, 0.05) is 12.7 Å². The molecule has 0 radical (unpaired) electrons. The zero-order valence-electron chi connectivity index (χ0n) is 6.10. The summed E-state index contributed by atoms with van der Waals surface area (Å²) in [6.45, 7) is 0.401. The normalized spacial score (nSPS) is 19.0. The molecule has 0 atom stereocenters. The van der Waals surface area contributed by atoms with Crippen molar-refractivity contribution in [1.82, 2.24) is 9.55 Å². The summed E-state index contributed by atoms with van der Waals surface area (Å²) >= 11 is 0. The van der Waals surface area contributed by atoms with Gasteiger partial charge in [-0.15, -0.1) is 0 Å². The van der Waals surface area contributed by atoms with Crippen molar-refractivity contribution in [1.29, 1.82) is 0 Å². The van der Waals surface area contributed by atoms with Crippen LogP contribution in [-0.2, 0) is 16.4 Å². The third-order valence-corrected chi connectivity index (χ3v) is 3.36. The van der Waals surface area contributed by atoms with Gasteiger partial charge in [-0.2, -0.15) is 0 Å². The largest absolute Gasteiger partial charge is 0.320 e. The van der Waals surface area contributed by atoms with Crippen LogP contribution < -0.4 is 0 Å². The highest BCUT2D eigenvalue weighted by Crippen LogP contribution is 2.17. The lowest BCUT2D eigenvalue weighted by Gasteiger charge is -1.86. The summed E-state index contributed by atoms with van der Waals surface area (Å²) in [5.41, 5.74) is 0.174. The van der Waals surface area contributed by atoms with Crippen LogP contribution in [0.5, 0.6) is 0 Å². The van der Waals surface area contributed by atoms with Gasteiger partial charge in [-0.1, -0.05) is 0 Å². The van der Waals surface area contributed by atoms with E-state index in [1.807, 2.05) is 0 Å². The number of aromatic nitrogens is 2. The first kappa shape index (κ1) is 7.48. The summed E-state index contributed by atoms with van der Waals surface area (Å²) in [7, 11) is -3.20. The number of carbonyl (C=O) groups is 1. The standard InChI is InChI=1S/C6H6N2O3S/c9-4-5-3-8-1-2-12(10,11)6(8)7-5/h3-4H,1-2H2. The van der Waals surface area contributed by atoms with Gasteiger partial charge < -0.3 is 4.57 Å². The van der Waals surface area contributed by atoms with Crippen LogP contribution in [0, 0.1) is 0 Å². The van der Waals surface area contributed by atoms with E-state index in [9.17, 15) is 13.2 Å². The van der Waals surface area contributed by atoms with Gasteiger partial charge in [0.05, 0.1) is 5.75 Å². The number of rotatable bonds is 1. The Bertz CT molecular complexity index is 432. The average Bonchev–Trinajstić information content (AvgIpc) is 2.53. The number of aldehydes is 1. The number of fused-ring (bicyclic) bond motifs is 1. The Hall–Kier alpha value is -1.17. The second kappa shape index (κ2) is 2.16. The Morgan fingerprint density at radius 3 is 2.92 bits per heavy atom. The Labute approximate surface area is 68.9 Å². The first-order chi connectivity index (χ1) is 5.63. The Morgan fingerprint density at radius 2 is 2.33 bits per heavy atom. The maximum Gasteiger partial charge on any atom is 0.228 e. The zero-order chi connectivity index (χ0) is 8.77. The van der Waals surface area contributed by atoms with Crippen molar-refractivity contribution in [2.45, 2.75) is 11.7 Å². The molecule has 6 heteroatoms. The van der Waals surface area contributed by atoms with E-state index in [2.05, 4.69) is 4.98 Å². The molecule has 0 amide bonds. The molecule has 1 aromatic rings. The van der Waals surface area contributed by atoms with E-state index in [0.29, 0.717) is 12.8 Å². The number of aryl methyl sites for hydroxylation is 1. The second-order valence-corrected chi connectivity index (χ2v) is 4.58. The number of sulfone groups is 1. The van der Waals surface area contributed by atoms with Gasteiger partial charge in [-0.05, 0) is 0 Å². The maximum absolute atomic E-state index is 11.2. The number of nitrogens with zero attached hydrogens (tertiary/aromatic N) is 2. The topological polar surface area (TPSA) is 69.0 Å². The molecule has 0 fully saturated rings. The van der Waals surface area contributed by atoms with E-state index >= 15 is 0 Å². The van der Waals surface area contributed by atoms with Crippen LogP contribution in [0.2, 0.25) is 0 Å². The van der Waals surface area contributed by atoms with Crippen molar-refractivity contribution >= 4 is 16.1 Å². The molecule has 0 N–H and O–H groups in total. The van der Waals surface area contributed by atoms with Crippen molar-refractivity contribution in [3.05, 3.63) is 11.9 Å². The summed E-state index contributed by atoms with van der Waals surface area (Å²) in [5, 5.41) is 0.0181. The maximum atomic E-state index is 11.2. The summed E-state index contributed by atoms with van der Waals surface area (Å²) in [5.74, 6) is 0.0917. The number of imidazole rings is 1. The molecule has 0 bridgehead atoms. The average molecular weight is 186 g/mol. The van der Waals surface area contributed by atoms with Gasteiger partial charge in [0.2, 0.25) is 15.0 Å². The molecule has 2 rings (SSSR count). The van der Waals surface area contributed by atoms with Crippen LogP contribution in [0.1, 0.15) is 10.5 Å². The molecule has 0 unspecified atom stereocenters. The first-order valence-electron chi connectivity index (χ1n) is 3.38. The van der Waals surface area contributed by atoms with Gasteiger partial charge in [0.15, 0.2) is 6.29 Å². The van der Waals surface area contributed by atoms with Gasteiger partial charge in [0.25, 0.3) is 0 Å². The van der Waals surface area contributed by atoms with E-state index < -0.39 is 9.84 Å². The highest BCUT2D eigenvalue weighted by atomic mass is 32.2. The van der Waals surface area contributed by atoms with Crippen LogP contribution in [-0.4, -0.2) is 30.0 Å². The fourth-order valence-electron chi connectivity index (χ4n) is 1.19. The van der Waals surface area contributed by atoms with Gasteiger partial charge in [-0.25, -0.2) is 13.4 Å². The van der Waals surface area contributed by atoms with Crippen molar-refractivity contribution < 1.29 is 13.2 Å². The summed E-state index contributed by atoms with van der Waals surface area (Å²) in [6, 6.07) is 0. The molecular weight excluding hydrogens is 180 g/mol. The summed E-state index contributed by atoms with van der Waals surface area (Å²) in [6.07, 6.45) is 1.99. The van der Waals surface area contributed by atoms with Crippen LogP contribution in [0.3, 0.4) is 0 Å². The van der Waals surface area contributed by atoms with Crippen molar-refractivity contribution in [2.75, 3.05) is 5.75 Å². The van der Waals surface area contributed by atoms with E-state index in [0.717, 1.165) is 0 Å². The number of hydrogen-bond donors (Lipinski definition) is 0. The summed E-state index contributed by atoms with van der Waals surface area (Å²) < 4.78 is 23.9. The fourth-order valence-corrected chi connectivity index (χ4v) is 2.56. The fraction of sp³-hybridized carbons (Fsp3) is 0.333. The molecule has 1 aliphatic heterocycles. The highest BCUT2D eigenvalue weighted by Gasteiger charge is 2.28. The first-order valence-corrected chi connectivity index (χ1v) is 5.04. The molecule has 0 aromatic carbocycles. The van der Waals surface area contributed by atoms with Crippen molar-refractivity contribution in [2.24, 2.45) is 0 Å². The van der Waals surface area contributed by atoms with E-state index in [4.69, 9.17) is 0 Å². The number of carbonyl (C=O) groups excluding carboxylic acids is 1. The number of hydrogen-bond acceptors (Lipinski definition) is 4. The molecule has 0 spiro atoms. The molecular formula is C6H6N2O3S. The Kier molecular flexibility index (Phi) is 1.35. The SMILES string of the molecule is O=Cc1cn2c(n1)S(=O)(=O)CC2. The van der Waals surface area contributed by atoms with Gasteiger partial charge in [0.1, 0.15) is 5.69 Å². The molecule has 1 aromatic heterocycles. The lowest BCUT2D eigenvalue weighted by molar-refractivity contribution is 0.111. The zero-order valence-corrected chi connectivity index (χ0v) is 6.91. The summed E-state index contributed by atoms with van der Waals surface area (Å²) in [4.78, 5) is 13.9. The van der Waals surface area contributed by atoms with Crippen LogP contribution in [0.4, 0.5) is 0 Å². The van der Waals surface area contributed by atoms with E-state index in [-0.39, 0.29) is 16.6 Å². The Morgan fingerprint density at radius 1 is 1.58 bits per heavy atom. The predicted molar refractivity (Wildman–Crippen MR) is 39.7 cm³/mol. The third kappa shape index (κ3) is 0.878. The van der Waals surface area contributed by atoms with E-state index in [1.165, 1.54) is 10.8 Å². The van der Waals surface area contributed by atoms with Gasteiger partial charge in [-0.3, -0.25) is 4.79 Å². The molecule has 0 saturated carbocycles. The molecule has 5 nitrogen and oxygen atoms in total. The molecule has 2 heterocycles. The predicted octanol–water partition coefficient (Wildman–Crippen LogP) is -0.517. The highest BCUT2D eigenvalue weighted by molar-refractivity contribution is 7.91. The monoisotopic (exact) mass is 186 g/mol. The van der Waals surface area contributed by atoms with Crippen LogP contribution >= 0.6 is 0 Å². The lowest BCUT2D eigenvalue weighted by Crippen LogP contribution is -2.00. The lowest BCUT2D eigenvalue weighted by atomic mass is 10.5. The smallest absolute Gasteiger partial charge is 0.228 e. The van der Waals surface area contributed by atoms with Gasteiger partial charge >= 0.3 is 0 Å². The van der Waals surface area contributed by atoms with Crippen molar-refractivity contribution in [3.63, 3.8) is 0 Å². The molecule has 0 aliphatic carbocycles. The minimum absolute atomic E-state index is 0.0181. The van der Waals surface area contributed by atoms with Crippen LogP contribution in [0.25, 0.3) is 0 Å². The molecule has 64 valence electrons. The quantitative estimate of drug-likeness (QED) is 0.553. The molecule has 12 heavy (non-hydrogen) atoms. The Balaban J connectivity index is 2.66. The van der Waals surface area contributed by atoms with E-state index in [1.54, 1.807) is 0 Å². The van der Waals surface area contributed by atoms with Crippen LogP contribution in [0.15, 0.2) is 11.4 Å². The van der Waals surface area contributed by atoms with Crippen molar-refractivity contribution in [3.8, 4) is 0 Å².